The van der Waals surface area contributed by atoms with Gasteiger partial charge in [-0.2, -0.15) is 0 Å². The molecule has 2 aromatic carbocycles. The summed E-state index contributed by atoms with van der Waals surface area (Å²) in [7, 11) is 0. The SMILES string of the molecule is O=C(O)NCCNc1nc(-c2ccccc2O)nc2cc(Cl)ccc12. The summed E-state index contributed by atoms with van der Waals surface area (Å²) in [6.07, 6.45) is -1.09. The van der Waals surface area contributed by atoms with E-state index in [1.165, 1.54) is 0 Å². The molecule has 1 aromatic heterocycles. The highest BCUT2D eigenvalue weighted by Gasteiger charge is 2.12. The van der Waals surface area contributed by atoms with Gasteiger partial charge in [-0.1, -0.05) is 23.7 Å². The average molecular weight is 359 g/mol. The quantitative estimate of drug-likeness (QED) is 0.521. The molecule has 0 unspecified atom stereocenters. The fourth-order valence-corrected chi connectivity index (χ4v) is 2.54. The van der Waals surface area contributed by atoms with Crippen LogP contribution in [-0.2, 0) is 0 Å². The second-order valence-electron chi connectivity index (χ2n) is 5.23. The van der Waals surface area contributed by atoms with Crippen molar-refractivity contribution in [2.24, 2.45) is 0 Å². The summed E-state index contributed by atoms with van der Waals surface area (Å²) < 4.78 is 0. The fourth-order valence-electron chi connectivity index (χ4n) is 2.37. The predicted octanol–water partition coefficient (Wildman–Crippen LogP) is 3.34. The summed E-state index contributed by atoms with van der Waals surface area (Å²) in [6.45, 7) is 0.571. The smallest absolute Gasteiger partial charge is 0.404 e. The lowest BCUT2D eigenvalue weighted by molar-refractivity contribution is 0.195. The van der Waals surface area contributed by atoms with Crippen molar-refractivity contribution in [2.75, 3.05) is 18.4 Å². The molecule has 128 valence electrons. The van der Waals surface area contributed by atoms with Gasteiger partial charge in [0.15, 0.2) is 5.82 Å². The van der Waals surface area contributed by atoms with Crippen LogP contribution in [0, 0.1) is 0 Å². The van der Waals surface area contributed by atoms with Crippen molar-refractivity contribution >= 4 is 34.4 Å². The third-order valence-electron chi connectivity index (χ3n) is 3.50. The molecule has 0 atom stereocenters. The van der Waals surface area contributed by atoms with Crippen molar-refractivity contribution < 1.29 is 15.0 Å². The summed E-state index contributed by atoms with van der Waals surface area (Å²) in [5, 5.41) is 25.3. The molecule has 3 aromatic rings. The number of nitrogens with one attached hydrogen (secondary N) is 2. The van der Waals surface area contributed by atoms with Crippen LogP contribution in [0.4, 0.5) is 10.6 Å². The largest absolute Gasteiger partial charge is 0.507 e. The van der Waals surface area contributed by atoms with Gasteiger partial charge in [0.2, 0.25) is 0 Å². The monoisotopic (exact) mass is 358 g/mol. The fraction of sp³-hybridized carbons (Fsp3) is 0.118. The van der Waals surface area contributed by atoms with Crippen LogP contribution < -0.4 is 10.6 Å². The number of halogens is 1. The van der Waals surface area contributed by atoms with E-state index in [9.17, 15) is 9.90 Å². The Balaban J connectivity index is 2.01. The van der Waals surface area contributed by atoms with E-state index < -0.39 is 6.09 Å². The Hall–Kier alpha value is -3.06. The third kappa shape index (κ3) is 3.89. The molecule has 0 bridgehead atoms. The molecule has 0 aliphatic carbocycles. The van der Waals surface area contributed by atoms with Crippen molar-refractivity contribution in [2.45, 2.75) is 0 Å². The first-order chi connectivity index (χ1) is 12.0. The molecule has 7 nitrogen and oxygen atoms in total. The number of rotatable bonds is 5. The number of para-hydroxylation sites is 1. The number of aromatic hydroxyl groups is 1. The maximum absolute atomic E-state index is 10.5. The van der Waals surface area contributed by atoms with Crippen molar-refractivity contribution in [3.05, 3.63) is 47.5 Å². The first kappa shape index (κ1) is 16.8. The van der Waals surface area contributed by atoms with Crippen LogP contribution in [0.1, 0.15) is 0 Å². The minimum absolute atomic E-state index is 0.0716. The highest BCUT2D eigenvalue weighted by atomic mass is 35.5. The zero-order chi connectivity index (χ0) is 17.8. The van der Waals surface area contributed by atoms with E-state index in [2.05, 4.69) is 20.6 Å². The van der Waals surface area contributed by atoms with E-state index in [0.29, 0.717) is 34.3 Å². The van der Waals surface area contributed by atoms with E-state index in [-0.39, 0.29) is 12.3 Å². The van der Waals surface area contributed by atoms with E-state index >= 15 is 0 Å². The van der Waals surface area contributed by atoms with Gasteiger partial charge < -0.3 is 20.8 Å². The molecule has 0 saturated heterocycles. The normalized spacial score (nSPS) is 10.6. The molecule has 0 aliphatic heterocycles. The van der Waals surface area contributed by atoms with Crippen molar-refractivity contribution in [1.82, 2.24) is 15.3 Å². The van der Waals surface area contributed by atoms with Crippen LogP contribution in [0.2, 0.25) is 5.02 Å². The predicted molar refractivity (Wildman–Crippen MR) is 96.2 cm³/mol. The molecule has 4 N–H and O–H groups in total. The first-order valence-corrected chi connectivity index (χ1v) is 7.89. The highest BCUT2D eigenvalue weighted by Crippen LogP contribution is 2.30. The molecule has 8 heteroatoms. The summed E-state index contributed by atoms with van der Waals surface area (Å²) >= 11 is 6.06. The lowest BCUT2D eigenvalue weighted by Crippen LogP contribution is -2.27. The first-order valence-electron chi connectivity index (χ1n) is 7.51. The molecular formula is C17H15ClN4O3. The number of carbonyl (C=O) groups is 1. The lowest BCUT2D eigenvalue weighted by Gasteiger charge is -2.12. The summed E-state index contributed by atoms with van der Waals surface area (Å²) in [6, 6.07) is 12.0. The van der Waals surface area contributed by atoms with E-state index in [0.717, 1.165) is 5.39 Å². The third-order valence-corrected chi connectivity index (χ3v) is 3.73. The summed E-state index contributed by atoms with van der Waals surface area (Å²) in [5.41, 5.74) is 1.12. The number of phenols is 1. The topological polar surface area (TPSA) is 107 Å². The van der Waals surface area contributed by atoms with Gasteiger partial charge in [-0.05, 0) is 30.3 Å². The van der Waals surface area contributed by atoms with Crippen LogP contribution in [0.25, 0.3) is 22.3 Å². The van der Waals surface area contributed by atoms with Crippen LogP contribution in [0.15, 0.2) is 42.5 Å². The number of phenolic OH excluding ortho intramolecular Hbond substituents is 1. The van der Waals surface area contributed by atoms with Gasteiger partial charge >= 0.3 is 6.09 Å². The minimum Gasteiger partial charge on any atom is -0.507 e. The van der Waals surface area contributed by atoms with E-state index in [1.807, 2.05) is 0 Å². The molecule has 0 fully saturated rings. The zero-order valence-corrected chi connectivity index (χ0v) is 13.8. The van der Waals surface area contributed by atoms with Gasteiger partial charge in [-0.15, -0.1) is 0 Å². The van der Waals surface area contributed by atoms with Crippen molar-refractivity contribution in [1.29, 1.82) is 0 Å². The summed E-state index contributed by atoms with van der Waals surface area (Å²) in [5.74, 6) is 0.955. The Morgan fingerprint density at radius 2 is 1.92 bits per heavy atom. The number of fused-ring (bicyclic) bond motifs is 1. The van der Waals surface area contributed by atoms with Crippen LogP contribution in [0.3, 0.4) is 0 Å². The number of hydrogen-bond acceptors (Lipinski definition) is 5. The molecule has 25 heavy (non-hydrogen) atoms. The number of hydrogen-bond donors (Lipinski definition) is 4. The van der Waals surface area contributed by atoms with Gasteiger partial charge in [-0.3, -0.25) is 0 Å². The minimum atomic E-state index is -1.09. The number of benzene rings is 2. The maximum Gasteiger partial charge on any atom is 0.404 e. The van der Waals surface area contributed by atoms with Crippen LogP contribution in [-0.4, -0.2) is 39.4 Å². The van der Waals surface area contributed by atoms with Gasteiger partial charge in [-0.25, -0.2) is 14.8 Å². The lowest BCUT2D eigenvalue weighted by atomic mass is 10.1. The van der Waals surface area contributed by atoms with Crippen molar-refractivity contribution in [3.63, 3.8) is 0 Å². The number of nitrogens with zero attached hydrogens (tertiary/aromatic N) is 2. The van der Waals surface area contributed by atoms with E-state index in [4.69, 9.17) is 16.7 Å². The number of aromatic nitrogens is 2. The van der Waals surface area contributed by atoms with Gasteiger partial charge in [0.1, 0.15) is 11.6 Å². The Labute approximate surface area is 148 Å². The van der Waals surface area contributed by atoms with E-state index in [1.54, 1.807) is 42.5 Å². The molecule has 0 spiro atoms. The molecule has 0 aliphatic rings. The number of amides is 1. The Kier molecular flexibility index (Phi) is 4.85. The molecule has 0 radical (unpaired) electrons. The Morgan fingerprint density at radius 3 is 2.68 bits per heavy atom. The maximum atomic E-state index is 10.5. The molecular weight excluding hydrogens is 344 g/mol. The molecule has 1 heterocycles. The molecule has 3 rings (SSSR count). The van der Waals surface area contributed by atoms with Gasteiger partial charge in [0.05, 0.1) is 11.1 Å². The van der Waals surface area contributed by atoms with Gasteiger partial charge in [0, 0.05) is 23.5 Å². The number of carboxylic acid groups (broad SMARTS) is 1. The molecule has 1 amide bonds. The second kappa shape index (κ2) is 7.23. The van der Waals surface area contributed by atoms with Crippen molar-refractivity contribution in [3.8, 4) is 17.1 Å². The van der Waals surface area contributed by atoms with Gasteiger partial charge in [0.25, 0.3) is 0 Å². The highest BCUT2D eigenvalue weighted by molar-refractivity contribution is 6.31. The molecule has 0 saturated carbocycles. The van der Waals surface area contributed by atoms with Crippen LogP contribution in [0.5, 0.6) is 5.75 Å². The average Bonchev–Trinajstić information content (AvgIpc) is 2.58. The second-order valence-corrected chi connectivity index (χ2v) is 5.67. The number of anilines is 1. The summed E-state index contributed by atoms with van der Waals surface area (Å²) in [4.78, 5) is 19.5. The zero-order valence-electron chi connectivity index (χ0n) is 13.0. The Morgan fingerprint density at radius 1 is 1.12 bits per heavy atom. The standard InChI is InChI=1S/C17H15ClN4O3/c18-10-5-6-11-13(9-10)21-16(12-3-1-2-4-14(12)23)22-15(11)19-7-8-20-17(24)25/h1-6,9,20,23H,7-8H2,(H,24,25)(H,19,21,22). The van der Waals surface area contributed by atoms with Crippen LogP contribution >= 0.6 is 11.6 Å². The Bertz CT molecular complexity index is 933.